The molecule has 112 valence electrons. The maximum atomic E-state index is 12.2. The van der Waals surface area contributed by atoms with Crippen LogP contribution in [0.3, 0.4) is 0 Å². The second-order valence-corrected chi connectivity index (χ2v) is 7.05. The summed E-state index contributed by atoms with van der Waals surface area (Å²) in [6.07, 6.45) is 0.00313. The van der Waals surface area contributed by atoms with E-state index in [1.165, 1.54) is 12.1 Å². The second kappa shape index (κ2) is 6.95. The van der Waals surface area contributed by atoms with Crippen LogP contribution in [0.5, 0.6) is 0 Å². The quantitative estimate of drug-likeness (QED) is 0.816. The molecule has 20 heavy (non-hydrogen) atoms. The molecule has 0 aliphatic rings. The summed E-state index contributed by atoms with van der Waals surface area (Å²) in [6, 6.07) is 1.97. The predicted octanol–water partition coefficient (Wildman–Crippen LogP) is 3.18. The normalized spacial score (nSPS) is 13.2. The Labute approximate surface area is 131 Å². The first-order chi connectivity index (χ1) is 9.13. The van der Waals surface area contributed by atoms with E-state index < -0.39 is 22.0 Å². The van der Waals surface area contributed by atoms with Crippen LogP contribution in [0, 0.1) is 0 Å². The van der Waals surface area contributed by atoms with Gasteiger partial charge in [0.15, 0.2) is 0 Å². The van der Waals surface area contributed by atoms with Gasteiger partial charge in [-0.2, -0.15) is 0 Å². The number of hydrogen-bond acceptors (Lipinski definition) is 3. The van der Waals surface area contributed by atoms with E-state index in [4.69, 9.17) is 39.9 Å². The van der Waals surface area contributed by atoms with Crippen LogP contribution in [0.25, 0.3) is 0 Å². The molecule has 1 aromatic rings. The van der Waals surface area contributed by atoms with Crippen LogP contribution >= 0.6 is 34.8 Å². The number of halogens is 3. The predicted molar refractivity (Wildman–Crippen MR) is 78.1 cm³/mol. The lowest BCUT2D eigenvalue weighted by atomic mass is 10.2. The van der Waals surface area contributed by atoms with Crippen LogP contribution in [-0.2, 0) is 14.8 Å². The van der Waals surface area contributed by atoms with Gasteiger partial charge in [-0.3, -0.25) is 4.79 Å². The maximum absolute atomic E-state index is 12.2. The van der Waals surface area contributed by atoms with Crippen LogP contribution in [0.15, 0.2) is 17.0 Å². The number of sulfonamides is 1. The molecule has 2 N–H and O–H groups in total. The highest BCUT2D eigenvalue weighted by atomic mass is 35.5. The highest BCUT2D eigenvalue weighted by molar-refractivity contribution is 7.89. The van der Waals surface area contributed by atoms with E-state index in [2.05, 4.69) is 4.72 Å². The third kappa shape index (κ3) is 4.79. The largest absolute Gasteiger partial charge is 0.481 e. The molecule has 1 aromatic carbocycles. The molecular formula is C11H12Cl3NO4S. The summed E-state index contributed by atoms with van der Waals surface area (Å²) in [7, 11) is -3.95. The van der Waals surface area contributed by atoms with E-state index in [1.807, 2.05) is 0 Å². The molecule has 0 saturated heterocycles. The minimum atomic E-state index is -3.95. The van der Waals surface area contributed by atoms with E-state index in [-0.39, 0.29) is 32.8 Å². The fourth-order valence-corrected chi connectivity index (χ4v) is 4.33. The summed E-state index contributed by atoms with van der Waals surface area (Å²) in [5, 5.41) is 8.59. The Balaban J connectivity index is 2.97. The van der Waals surface area contributed by atoms with Crippen molar-refractivity contribution in [3.8, 4) is 0 Å². The van der Waals surface area contributed by atoms with Crippen molar-refractivity contribution >= 4 is 50.8 Å². The van der Waals surface area contributed by atoms with Gasteiger partial charge < -0.3 is 5.11 Å². The van der Waals surface area contributed by atoms with Crippen molar-refractivity contribution in [2.75, 3.05) is 0 Å². The molecule has 5 nitrogen and oxygen atoms in total. The molecule has 0 radical (unpaired) electrons. The number of rotatable bonds is 6. The minimum absolute atomic E-state index is 0.0968. The molecule has 1 atom stereocenters. The average molecular weight is 361 g/mol. The number of hydrogen-bond donors (Lipinski definition) is 2. The van der Waals surface area contributed by atoms with Gasteiger partial charge in [-0.05, 0) is 25.5 Å². The molecule has 0 spiro atoms. The van der Waals surface area contributed by atoms with Gasteiger partial charge in [0.2, 0.25) is 10.0 Å². The van der Waals surface area contributed by atoms with Crippen molar-refractivity contribution in [1.29, 1.82) is 0 Å². The van der Waals surface area contributed by atoms with E-state index in [0.29, 0.717) is 0 Å². The van der Waals surface area contributed by atoms with Crippen LogP contribution in [0.1, 0.15) is 19.8 Å². The standard InChI is InChI=1S/C11H12Cl3NO4S/c1-6(2-3-10(16)17)15-20(18,19)11-8(13)4-7(12)5-9(11)14/h4-6,15H,2-3H2,1H3,(H,16,17). The molecule has 0 bridgehead atoms. The first-order valence-corrected chi connectivity index (χ1v) is 8.14. The summed E-state index contributed by atoms with van der Waals surface area (Å²) >= 11 is 17.4. The van der Waals surface area contributed by atoms with E-state index >= 15 is 0 Å². The lowest BCUT2D eigenvalue weighted by Gasteiger charge is -2.15. The molecule has 1 unspecified atom stereocenters. The average Bonchev–Trinajstić information content (AvgIpc) is 2.23. The van der Waals surface area contributed by atoms with Gasteiger partial charge in [0.05, 0.1) is 10.0 Å². The van der Waals surface area contributed by atoms with Gasteiger partial charge in [0.25, 0.3) is 0 Å². The highest BCUT2D eigenvalue weighted by Gasteiger charge is 2.24. The van der Waals surface area contributed by atoms with E-state index in [1.54, 1.807) is 6.92 Å². The van der Waals surface area contributed by atoms with Crippen molar-refractivity contribution in [1.82, 2.24) is 4.72 Å². The van der Waals surface area contributed by atoms with E-state index in [9.17, 15) is 13.2 Å². The van der Waals surface area contributed by atoms with Crippen molar-refractivity contribution in [2.45, 2.75) is 30.7 Å². The Kier molecular flexibility index (Phi) is 6.09. The van der Waals surface area contributed by atoms with Crippen molar-refractivity contribution < 1.29 is 18.3 Å². The number of nitrogens with one attached hydrogen (secondary N) is 1. The van der Waals surface area contributed by atoms with Crippen molar-refractivity contribution in [3.63, 3.8) is 0 Å². The Hall–Kier alpha value is -0.530. The van der Waals surface area contributed by atoms with Gasteiger partial charge in [-0.1, -0.05) is 34.8 Å². The summed E-state index contributed by atoms with van der Waals surface area (Å²) in [5.74, 6) is -1.00. The SMILES string of the molecule is CC(CCC(=O)O)NS(=O)(=O)c1c(Cl)cc(Cl)cc1Cl. The van der Waals surface area contributed by atoms with E-state index in [0.717, 1.165) is 0 Å². The highest BCUT2D eigenvalue weighted by Crippen LogP contribution is 2.32. The Bertz CT molecular complexity index is 595. The van der Waals surface area contributed by atoms with Crippen molar-refractivity contribution in [3.05, 3.63) is 27.2 Å². The minimum Gasteiger partial charge on any atom is -0.481 e. The van der Waals surface area contributed by atoms with Gasteiger partial charge in [-0.25, -0.2) is 13.1 Å². The third-order valence-corrected chi connectivity index (χ3v) is 5.11. The molecule has 0 aliphatic heterocycles. The molecule has 0 amide bonds. The first-order valence-electron chi connectivity index (χ1n) is 5.52. The fraction of sp³-hybridized carbons (Fsp3) is 0.364. The monoisotopic (exact) mass is 359 g/mol. The molecule has 0 saturated carbocycles. The maximum Gasteiger partial charge on any atom is 0.303 e. The molecule has 0 aliphatic carbocycles. The van der Waals surface area contributed by atoms with Gasteiger partial charge in [0, 0.05) is 17.5 Å². The summed E-state index contributed by atoms with van der Waals surface area (Å²) < 4.78 is 26.7. The first kappa shape index (κ1) is 17.5. The van der Waals surface area contributed by atoms with Crippen LogP contribution in [-0.4, -0.2) is 25.5 Å². The van der Waals surface area contributed by atoms with Gasteiger partial charge in [0.1, 0.15) is 4.90 Å². The van der Waals surface area contributed by atoms with Gasteiger partial charge >= 0.3 is 5.97 Å². The summed E-state index contributed by atoms with van der Waals surface area (Å²) in [4.78, 5) is 10.2. The third-order valence-electron chi connectivity index (χ3n) is 2.38. The fourth-order valence-electron chi connectivity index (χ4n) is 1.51. The zero-order valence-electron chi connectivity index (χ0n) is 10.4. The molecular weight excluding hydrogens is 349 g/mol. The number of aliphatic carboxylic acids is 1. The van der Waals surface area contributed by atoms with Gasteiger partial charge in [-0.15, -0.1) is 0 Å². The molecule has 0 fully saturated rings. The summed E-state index contributed by atoms with van der Waals surface area (Å²) in [5.41, 5.74) is 0. The molecule has 9 heteroatoms. The number of carboxylic acid groups (broad SMARTS) is 1. The zero-order valence-corrected chi connectivity index (χ0v) is 13.4. The molecule has 0 heterocycles. The molecule has 0 aromatic heterocycles. The number of carboxylic acids is 1. The number of carbonyl (C=O) groups is 1. The Morgan fingerprint density at radius 1 is 1.30 bits per heavy atom. The van der Waals surface area contributed by atoms with Crippen LogP contribution < -0.4 is 4.72 Å². The van der Waals surface area contributed by atoms with Crippen LogP contribution in [0.2, 0.25) is 15.1 Å². The topological polar surface area (TPSA) is 83.5 Å². The van der Waals surface area contributed by atoms with Crippen LogP contribution in [0.4, 0.5) is 0 Å². The summed E-state index contributed by atoms with van der Waals surface area (Å²) in [6.45, 7) is 1.55. The lowest BCUT2D eigenvalue weighted by Crippen LogP contribution is -2.33. The van der Waals surface area contributed by atoms with Crippen molar-refractivity contribution in [2.24, 2.45) is 0 Å². The zero-order chi connectivity index (χ0) is 15.5. The lowest BCUT2D eigenvalue weighted by molar-refractivity contribution is -0.137. The smallest absolute Gasteiger partial charge is 0.303 e. The Morgan fingerprint density at radius 2 is 1.80 bits per heavy atom. The molecule has 1 rings (SSSR count). The second-order valence-electron chi connectivity index (χ2n) is 4.15. The Morgan fingerprint density at radius 3 is 2.25 bits per heavy atom. The number of benzene rings is 1.